The summed E-state index contributed by atoms with van der Waals surface area (Å²) < 4.78 is 5.87. The summed E-state index contributed by atoms with van der Waals surface area (Å²) >= 11 is 3.16. The second-order valence-corrected chi connectivity index (χ2v) is 5.17. The Morgan fingerprint density at radius 3 is 2.86 bits per heavy atom. The van der Waals surface area contributed by atoms with Gasteiger partial charge in [-0.1, -0.05) is 40.2 Å². The Hall–Kier alpha value is -2.14. The Morgan fingerprint density at radius 1 is 1.29 bits per heavy atom. The number of amides is 1. The number of carbonyl (C=O) groups excluding carboxylic acids is 1. The van der Waals surface area contributed by atoms with Gasteiger partial charge in [-0.15, -0.1) is 0 Å². The van der Waals surface area contributed by atoms with Crippen LogP contribution in [0.2, 0.25) is 0 Å². The Kier molecular flexibility index (Phi) is 4.01. The minimum Gasteiger partial charge on any atom is -0.459 e. The van der Waals surface area contributed by atoms with Gasteiger partial charge in [-0.2, -0.15) is 0 Å². The summed E-state index contributed by atoms with van der Waals surface area (Å²) in [6.07, 6.45) is 3.43. The summed E-state index contributed by atoms with van der Waals surface area (Å²) in [6, 6.07) is 13.1. The van der Waals surface area contributed by atoms with Crippen molar-refractivity contribution in [3.05, 3.63) is 66.2 Å². The summed E-state index contributed by atoms with van der Waals surface area (Å²) in [4.78, 5) is 15.9. The first-order valence-electron chi connectivity index (χ1n) is 6.51. The zero-order chi connectivity index (χ0) is 14.7. The molecule has 5 heteroatoms. The molecule has 1 N–H and O–H groups in total. The molecule has 1 aromatic carbocycles. The van der Waals surface area contributed by atoms with Crippen molar-refractivity contribution in [1.29, 1.82) is 0 Å². The molecule has 0 spiro atoms. The fraction of sp³-hybridized carbons (Fsp3) is 0.125. The maximum Gasteiger partial charge on any atom is 0.231 e. The molecule has 3 aromatic rings. The topological polar surface area (TPSA) is 55.1 Å². The number of para-hydroxylation sites is 1. The highest BCUT2D eigenvalue weighted by molar-refractivity contribution is 9.09. The highest BCUT2D eigenvalue weighted by Gasteiger charge is 2.20. The van der Waals surface area contributed by atoms with Crippen LogP contribution < -0.4 is 5.32 Å². The second kappa shape index (κ2) is 6.10. The molecular formula is C16H13BrN2O2. The number of furan rings is 1. The predicted molar refractivity (Wildman–Crippen MR) is 84.2 cm³/mol. The molecule has 21 heavy (non-hydrogen) atoms. The molecule has 0 saturated carbocycles. The molecule has 106 valence electrons. The van der Waals surface area contributed by atoms with Crippen LogP contribution in [0.4, 0.5) is 0 Å². The van der Waals surface area contributed by atoms with E-state index in [4.69, 9.17) is 4.42 Å². The van der Waals surface area contributed by atoms with E-state index in [-0.39, 0.29) is 17.3 Å². The molecule has 0 radical (unpaired) electrons. The van der Waals surface area contributed by atoms with Gasteiger partial charge < -0.3 is 9.73 Å². The van der Waals surface area contributed by atoms with Gasteiger partial charge in [-0.05, 0) is 18.2 Å². The molecule has 1 amide bonds. The number of alkyl halides is 1. The van der Waals surface area contributed by atoms with Crippen LogP contribution in [-0.2, 0) is 4.79 Å². The molecule has 3 rings (SSSR count). The first kappa shape index (κ1) is 13.8. The van der Waals surface area contributed by atoms with Gasteiger partial charge in [0.2, 0.25) is 5.91 Å². The zero-order valence-corrected chi connectivity index (χ0v) is 12.7. The highest BCUT2D eigenvalue weighted by atomic mass is 79.9. The minimum absolute atomic E-state index is 0.107. The summed E-state index contributed by atoms with van der Waals surface area (Å²) in [5.41, 5.74) is 1.68. The molecule has 0 saturated heterocycles. The number of fused-ring (bicyclic) bond motifs is 1. The molecule has 2 aromatic heterocycles. The van der Waals surface area contributed by atoms with Crippen LogP contribution in [0, 0.1) is 0 Å². The zero-order valence-electron chi connectivity index (χ0n) is 11.1. The van der Waals surface area contributed by atoms with Crippen LogP contribution in [-0.4, -0.2) is 16.2 Å². The van der Waals surface area contributed by atoms with E-state index in [2.05, 4.69) is 26.2 Å². The van der Waals surface area contributed by atoms with Crippen molar-refractivity contribution in [3.63, 3.8) is 0 Å². The molecule has 1 atom stereocenters. The lowest BCUT2D eigenvalue weighted by molar-refractivity contribution is -0.119. The minimum atomic E-state index is -0.351. The monoisotopic (exact) mass is 344 g/mol. The van der Waals surface area contributed by atoms with Gasteiger partial charge in [0.1, 0.15) is 17.4 Å². The number of nitrogens with one attached hydrogen (secondary N) is 1. The molecule has 0 aliphatic heterocycles. The first-order valence-corrected chi connectivity index (χ1v) is 7.64. The molecule has 0 aliphatic rings. The third-order valence-electron chi connectivity index (χ3n) is 3.17. The van der Waals surface area contributed by atoms with Gasteiger partial charge in [-0.25, -0.2) is 0 Å². The van der Waals surface area contributed by atoms with Crippen LogP contribution in [0.15, 0.2) is 59.3 Å². The number of aromatic nitrogens is 1. The van der Waals surface area contributed by atoms with Crippen molar-refractivity contribution in [2.75, 3.05) is 5.33 Å². The lowest BCUT2D eigenvalue weighted by Gasteiger charge is -2.15. The largest absolute Gasteiger partial charge is 0.459 e. The molecule has 1 unspecified atom stereocenters. The normalized spacial score (nSPS) is 12.2. The van der Waals surface area contributed by atoms with Crippen molar-refractivity contribution < 1.29 is 9.21 Å². The summed E-state index contributed by atoms with van der Waals surface area (Å²) in [5, 5.41) is 4.19. The van der Waals surface area contributed by atoms with E-state index in [9.17, 15) is 4.79 Å². The van der Waals surface area contributed by atoms with Gasteiger partial charge in [0, 0.05) is 23.3 Å². The van der Waals surface area contributed by atoms with Crippen LogP contribution in [0.1, 0.15) is 17.4 Å². The highest BCUT2D eigenvalue weighted by Crippen LogP contribution is 2.27. The number of nitrogens with zero attached hydrogens (tertiary/aromatic N) is 1. The summed E-state index contributed by atoms with van der Waals surface area (Å²) in [7, 11) is 0. The maximum absolute atomic E-state index is 11.8. The Bertz CT molecular complexity index is 722. The predicted octanol–water partition coefficient (Wildman–Crippen LogP) is 3.43. The van der Waals surface area contributed by atoms with Gasteiger partial charge in [-0.3, -0.25) is 9.78 Å². The fourth-order valence-electron chi connectivity index (χ4n) is 2.21. The fourth-order valence-corrected chi connectivity index (χ4v) is 2.37. The smallest absolute Gasteiger partial charge is 0.231 e. The van der Waals surface area contributed by atoms with E-state index in [0.717, 1.165) is 16.5 Å². The van der Waals surface area contributed by atoms with E-state index < -0.39 is 0 Å². The third kappa shape index (κ3) is 2.97. The third-order valence-corrected chi connectivity index (χ3v) is 3.68. The molecule has 2 heterocycles. The van der Waals surface area contributed by atoms with Gasteiger partial charge in [0.25, 0.3) is 0 Å². The maximum atomic E-state index is 11.8. The van der Waals surface area contributed by atoms with Crippen molar-refractivity contribution in [3.8, 4) is 0 Å². The van der Waals surface area contributed by atoms with Crippen LogP contribution >= 0.6 is 15.9 Å². The van der Waals surface area contributed by atoms with Crippen molar-refractivity contribution >= 4 is 32.8 Å². The number of carbonyl (C=O) groups is 1. The van der Waals surface area contributed by atoms with E-state index in [1.54, 1.807) is 12.4 Å². The molecule has 0 fully saturated rings. The molecular weight excluding hydrogens is 332 g/mol. The lowest BCUT2D eigenvalue weighted by atomic mass is 10.1. The van der Waals surface area contributed by atoms with Gasteiger partial charge >= 0.3 is 0 Å². The Labute approximate surface area is 130 Å². The van der Waals surface area contributed by atoms with Crippen LogP contribution in [0.3, 0.4) is 0 Å². The summed E-state index contributed by atoms with van der Waals surface area (Å²) in [5.74, 6) is 0.586. The van der Waals surface area contributed by atoms with Gasteiger partial charge in [0.05, 0.1) is 5.33 Å². The standard InChI is InChI=1S/C16H13BrN2O2/c17-9-15(20)19-16(12-5-3-7-18-10-12)14-8-11-4-1-2-6-13(11)21-14/h1-8,10,16H,9H2,(H,19,20). The number of hydrogen-bond acceptors (Lipinski definition) is 3. The second-order valence-electron chi connectivity index (χ2n) is 4.61. The SMILES string of the molecule is O=C(CBr)NC(c1cccnc1)c1cc2ccccc2o1. The quantitative estimate of drug-likeness (QED) is 0.737. The average Bonchev–Trinajstić information content (AvgIpc) is 2.96. The van der Waals surface area contributed by atoms with E-state index >= 15 is 0 Å². The number of rotatable bonds is 4. The average molecular weight is 345 g/mol. The molecule has 0 bridgehead atoms. The number of benzene rings is 1. The Balaban J connectivity index is 2.03. The van der Waals surface area contributed by atoms with Gasteiger partial charge in [0.15, 0.2) is 0 Å². The molecule has 4 nitrogen and oxygen atoms in total. The number of halogens is 1. The number of pyridine rings is 1. The summed E-state index contributed by atoms with van der Waals surface area (Å²) in [6.45, 7) is 0. The van der Waals surface area contributed by atoms with Crippen LogP contribution in [0.25, 0.3) is 11.0 Å². The molecule has 0 aliphatic carbocycles. The van der Waals surface area contributed by atoms with E-state index in [0.29, 0.717) is 5.76 Å². The van der Waals surface area contributed by atoms with Crippen molar-refractivity contribution in [2.45, 2.75) is 6.04 Å². The lowest BCUT2D eigenvalue weighted by Crippen LogP contribution is -2.29. The van der Waals surface area contributed by atoms with Crippen LogP contribution in [0.5, 0.6) is 0 Å². The van der Waals surface area contributed by atoms with E-state index in [1.807, 2.05) is 42.5 Å². The van der Waals surface area contributed by atoms with E-state index in [1.165, 1.54) is 0 Å². The number of hydrogen-bond donors (Lipinski definition) is 1. The van der Waals surface area contributed by atoms with Crippen molar-refractivity contribution in [1.82, 2.24) is 10.3 Å². The van der Waals surface area contributed by atoms with Crippen molar-refractivity contribution in [2.24, 2.45) is 0 Å². The first-order chi connectivity index (χ1) is 10.3. The Morgan fingerprint density at radius 2 is 2.14 bits per heavy atom.